The number of aromatic nitrogens is 1. The summed E-state index contributed by atoms with van der Waals surface area (Å²) in [6.07, 6.45) is 8.49. The first-order valence-corrected chi connectivity index (χ1v) is 9.29. The molecule has 2 N–H and O–H groups in total. The first kappa shape index (κ1) is 14.2. The molecule has 1 fully saturated rings. The summed E-state index contributed by atoms with van der Waals surface area (Å²) >= 11 is 3.60. The van der Waals surface area contributed by atoms with E-state index in [1.54, 1.807) is 11.3 Å². The molecule has 0 amide bonds. The van der Waals surface area contributed by atoms with Crippen molar-refractivity contribution in [3.8, 4) is 0 Å². The molecule has 0 bridgehead atoms. The van der Waals surface area contributed by atoms with Crippen LogP contribution in [0.2, 0.25) is 0 Å². The Balaban J connectivity index is 1.71. The van der Waals surface area contributed by atoms with Gasteiger partial charge in [-0.05, 0) is 44.8 Å². The van der Waals surface area contributed by atoms with Crippen LogP contribution in [0.5, 0.6) is 0 Å². The highest BCUT2D eigenvalue weighted by atomic mass is 32.2. The molecule has 1 heterocycles. The van der Waals surface area contributed by atoms with Crippen LogP contribution in [0.15, 0.2) is 0 Å². The lowest BCUT2D eigenvalue weighted by atomic mass is 9.91. The molecule has 0 aliphatic heterocycles. The van der Waals surface area contributed by atoms with Crippen LogP contribution in [0.4, 0.5) is 5.13 Å². The first-order chi connectivity index (χ1) is 9.67. The Labute approximate surface area is 127 Å². The summed E-state index contributed by atoms with van der Waals surface area (Å²) < 4.78 is 0. The maximum Gasteiger partial charge on any atom is 0.312 e. The zero-order valence-electron chi connectivity index (χ0n) is 11.6. The third kappa shape index (κ3) is 2.81. The first-order valence-electron chi connectivity index (χ1n) is 7.19. The van der Waals surface area contributed by atoms with Gasteiger partial charge in [0.25, 0.3) is 0 Å². The van der Waals surface area contributed by atoms with Gasteiger partial charge in [0.05, 0.1) is 5.69 Å². The number of carboxylic acids is 1. The maximum atomic E-state index is 11.3. The molecular weight excluding hydrogens is 292 g/mol. The Bertz CT molecular complexity index is 503. The fourth-order valence-corrected chi connectivity index (χ4v) is 5.12. The predicted octanol–water partition coefficient (Wildman–Crippen LogP) is 3.34. The monoisotopic (exact) mass is 312 g/mol. The Hall–Kier alpha value is -0.750. The molecule has 3 atom stereocenters. The molecule has 3 unspecified atom stereocenters. The summed E-state index contributed by atoms with van der Waals surface area (Å²) in [6, 6.07) is 0.503. The van der Waals surface area contributed by atoms with Gasteiger partial charge in [-0.3, -0.25) is 4.79 Å². The molecule has 3 rings (SSSR count). The van der Waals surface area contributed by atoms with Crippen LogP contribution in [-0.4, -0.2) is 33.6 Å². The number of nitrogens with zero attached hydrogens (tertiary/aromatic N) is 1. The van der Waals surface area contributed by atoms with E-state index in [0.717, 1.165) is 35.3 Å². The average molecular weight is 312 g/mol. The molecule has 0 spiro atoms. The van der Waals surface area contributed by atoms with Crippen molar-refractivity contribution in [2.24, 2.45) is 0 Å². The van der Waals surface area contributed by atoms with Gasteiger partial charge in [-0.2, -0.15) is 11.8 Å². The fourth-order valence-electron chi connectivity index (χ4n) is 3.18. The summed E-state index contributed by atoms with van der Waals surface area (Å²) in [7, 11) is 0. The van der Waals surface area contributed by atoms with Crippen molar-refractivity contribution in [3.05, 3.63) is 10.6 Å². The van der Waals surface area contributed by atoms with E-state index in [4.69, 9.17) is 0 Å². The van der Waals surface area contributed by atoms with E-state index in [0.29, 0.717) is 6.04 Å². The Morgan fingerprint density at radius 3 is 3.00 bits per heavy atom. The van der Waals surface area contributed by atoms with Gasteiger partial charge >= 0.3 is 5.97 Å². The Morgan fingerprint density at radius 1 is 1.45 bits per heavy atom. The Morgan fingerprint density at radius 2 is 2.30 bits per heavy atom. The summed E-state index contributed by atoms with van der Waals surface area (Å²) in [4.78, 5) is 17.1. The lowest BCUT2D eigenvalue weighted by molar-refractivity contribution is -0.139. The van der Waals surface area contributed by atoms with Crippen molar-refractivity contribution in [2.75, 3.05) is 11.6 Å². The highest BCUT2D eigenvalue weighted by molar-refractivity contribution is 7.99. The molecule has 0 radical (unpaired) electrons. The third-order valence-electron chi connectivity index (χ3n) is 4.30. The third-order valence-corrected chi connectivity index (χ3v) is 6.45. The van der Waals surface area contributed by atoms with Gasteiger partial charge in [0.1, 0.15) is 5.92 Å². The van der Waals surface area contributed by atoms with Crippen molar-refractivity contribution in [1.82, 2.24) is 4.98 Å². The van der Waals surface area contributed by atoms with Crippen LogP contribution in [0.3, 0.4) is 0 Å². The largest absolute Gasteiger partial charge is 0.481 e. The number of nitrogens with one attached hydrogen (secondary N) is 1. The molecule has 6 heteroatoms. The fraction of sp³-hybridized carbons (Fsp3) is 0.714. The highest BCUT2D eigenvalue weighted by Crippen LogP contribution is 2.38. The van der Waals surface area contributed by atoms with Gasteiger partial charge in [0.15, 0.2) is 5.13 Å². The molecule has 20 heavy (non-hydrogen) atoms. The molecule has 4 nitrogen and oxygen atoms in total. The quantitative estimate of drug-likeness (QED) is 0.893. The van der Waals surface area contributed by atoms with Gasteiger partial charge in [-0.15, -0.1) is 11.3 Å². The van der Waals surface area contributed by atoms with Crippen LogP contribution in [-0.2, 0) is 11.2 Å². The van der Waals surface area contributed by atoms with Crippen LogP contribution in [0.25, 0.3) is 0 Å². The van der Waals surface area contributed by atoms with Crippen LogP contribution in [0, 0.1) is 0 Å². The topological polar surface area (TPSA) is 62.2 Å². The number of thioether (sulfide) groups is 1. The van der Waals surface area contributed by atoms with Crippen molar-refractivity contribution in [3.63, 3.8) is 0 Å². The predicted molar refractivity (Wildman–Crippen MR) is 84.0 cm³/mol. The van der Waals surface area contributed by atoms with E-state index in [2.05, 4.69) is 16.6 Å². The summed E-state index contributed by atoms with van der Waals surface area (Å²) in [6.45, 7) is 0. The van der Waals surface area contributed by atoms with E-state index >= 15 is 0 Å². The van der Waals surface area contributed by atoms with Gasteiger partial charge < -0.3 is 10.4 Å². The van der Waals surface area contributed by atoms with Crippen LogP contribution < -0.4 is 5.32 Å². The maximum absolute atomic E-state index is 11.3. The van der Waals surface area contributed by atoms with Gasteiger partial charge in [-0.1, -0.05) is 0 Å². The molecule has 1 aromatic rings. The number of carboxylic acid groups (broad SMARTS) is 1. The molecule has 2 aliphatic carbocycles. The van der Waals surface area contributed by atoms with E-state index in [1.807, 2.05) is 11.8 Å². The van der Waals surface area contributed by atoms with Gasteiger partial charge in [0.2, 0.25) is 0 Å². The van der Waals surface area contributed by atoms with E-state index in [9.17, 15) is 9.90 Å². The average Bonchev–Trinajstić information content (AvgIpc) is 3.03. The highest BCUT2D eigenvalue weighted by Gasteiger charge is 2.31. The second-order valence-corrected chi connectivity index (χ2v) is 7.84. The van der Waals surface area contributed by atoms with Gasteiger partial charge in [0, 0.05) is 16.2 Å². The summed E-state index contributed by atoms with van der Waals surface area (Å²) in [5.41, 5.74) is 0.815. The normalized spacial score (nSPS) is 29.1. The number of hydrogen-bond donors (Lipinski definition) is 2. The number of aryl methyl sites for hydroxylation is 1. The standard InChI is InChI=1S/C14H20N2O2S2/c1-19-9-6-5-8(7-9)15-14-16-12-10(13(17)18)3-2-4-11(12)20-14/h8-10H,2-7H2,1H3,(H,15,16)(H,17,18). The summed E-state index contributed by atoms with van der Waals surface area (Å²) in [5.74, 6) is -1.13. The number of fused-ring (bicyclic) bond motifs is 1. The zero-order valence-corrected chi connectivity index (χ0v) is 13.2. The molecule has 110 valence electrons. The zero-order chi connectivity index (χ0) is 14.1. The van der Waals surface area contributed by atoms with E-state index in [1.165, 1.54) is 24.1 Å². The second-order valence-electron chi connectivity index (χ2n) is 5.62. The number of hydrogen-bond acceptors (Lipinski definition) is 5. The number of anilines is 1. The van der Waals surface area contributed by atoms with Crippen molar-refractivity contribution in [1.29, 1.82) is 0 Å². The molecule has 1 aromatic heterocycles. The summed E-state index contributed by atoms with van der Waals surface area (Å²) in [5, 5.41) is 14.5. The molecule has 0 aromatic carbocycles. The van der Waals surface area contributed by atoms with Crippen LogP contribution >= 0.6 is 23.1 Å². The lowest BCUT2D eigenvalue weighted by Gasteiger charge is -2.16. The minimum absolute atomic E-state index is 0.395. The molecule has 2 aliphatic rings. The lowest BCUT2D eigenvalue weighted by Crippen LogP contribution is -2.18. The SMILES string of the molecule is CSC1CCC(Nc2nc3c(s2)CCCC3C(=O)O)C1. The number of rotatable bonds is 4. The van der Waals surface area contributed by atoms with Crippen molar-refractivity contribution >= 4 is 34.2 Å². The molecular formula is C14H20N2O2S2. The van der Waals surface area contributed by atoms with E-state index in [-0.39, 0.29) is 0 Å². The van der Waals surface area contributed by atoms with Crippen LogP contribution in [0.1, 0.15) is 48.6 Å². The second kappa shape index (κ2) is 5.93. The van der Waals surface area contributed by atoms with E-state index < -0.39 is 11.9 Å². The molecule has 1 saturated carbocycles. The number of aliphatic carboxylic acids is 1. The minimum atomic E-state index is -0.730. The smallest absolute Gasteiger partial charge is 0.312 e. The van der Waals surface area contributed by atoms with Crippen molar-refractivity contribution < 1.29 is 9.90 Å². The number of thiazole rings is 1. The number of carbonyl (C=O) groups is 1. The van der Waals surface area contributed by atoms with Gasteiger partial charge in [-0.25, -0.2) is 4.98 Å². The molecule has 0 saturated heterocycles. The Kier molecular flexibility index (Phi) is 4.21. The minimum Gasteiger partial charge on any atom is -0.481 e. The van der Waals surface area contributed by atoms with Crippen molar-refractivity contribution in [2.45, 2.75) is 55.7 Å².